The first kappa shape index (κ1) is 25.2. The van der Waals surface area contributed by atoms with Crippen LogP contribution in [-0.4, -0.2) is 110 Å². The number of oxime groups is 1. The highest BCUT2D eigenvalue weighted by atomic mass is 32.2. The molecule has 2 atom stereocenters. The highest BCUT2D eigenvalue weighted by Gasteiger charge is 2.53. The first-order valence-corrected chi connectivity index (χ1v) is 14.7. The average Bonchev–Trinajstić information content (AvgIpc) is 3.44. The maximum Gasteiger partial charge on any atom is 0.308 e. The molecule has 192 valence electrons. The molecule has 4 aliphatic heterocycles. The Hall–Kier alpha value is -2.43. The summed E-state index contributed by atoms with van der Waals surface area (Å²) < 4.78 is 2.29. The Labute approximate surface area is 223 Å². The number of nitrogens with one attached hydrogen (secondary N) is 1. The third-order valence-corrected chi connectivity index (χ3v) is 10.6. The number of nitrogens with two attached hydrogens (primary N) is 1. The molecule has 0 saturated carbocycles. The molecule has 0 unspecified atom stereocenters. The summed E-state index contributed by atoms with van der Waals surface area (Å²) in [5.41, 5.74) is 5.65. The highest BCUT2D eigenvalue weighted by Crippen LogP contribution is 2.45. The Kier molecular flexibility index (Phi) is 7.11. The summed E-state index contributed by atoms with van der Waals surface area (Å²) in [7, 11) is 3.36. The Morgan fingerprint density at radius 2 is 2.19 bits per heavy atom. The standard InChI is InChI=1S/C20H23N7O5S4/c1-25-3-4-33-20(25)26-5-9(6-26)36-11-8-34-17-13(16(29)27(17)14(11)18(30)31)23-15(28)12(24-32-2)10-7-35-19(21)22-10/h7,9,13,17H,3-6,8H2,1-2H3,(H3-,21,22,23,28,30,31)/b24-12-/t13-,17-/m1/s1. The molecule has 2 amide bonds. The van der Waals surface area contributed by atoms with Crippen LogP contribution in [0.4, 0.5) is 5.13 Å². The van der Waals surface area contributed by atoms with Gasteiger partial charge < -0.3 is 25.8 Å². The largest absolute Gasteiger partial charge is 0.543 e. The van der Waals surface area contributed by atoms with Crippen molar-refractivity contribution in [3.8, 4) is 0 Å². The van der Waals surface area contributed by atoms with Crippen molar-refractivity contribution in [2.45, 2.75) is 16.7 Å². The third kappa shape index (κ3) is 4.54. The maximum absolute atomic E-state index is 13.0. The number of aromatic nitrogens is 1. The van der Waals surface area contributed by atoms with Gasteiger partial charge in [-0.2, -0.15) is 0 Å². The molecule has 0 aromatic carbocycles. The SMILES string of the molecule is CO/N=C(\C(=O)N[C@@H]1C(=O)N2C(C(=O)[O-])=C(SC3C[N+](=C4SCCN4C)C3)CS[C@H]12)c1csc(N)n1. The molecule has 3 fully saturated rings. The molecule has 5 heterocycles. The monoisotopic (exact) mass is 569 g/mol. The first-order valence-electron chi connectivity index (χ1n) is 10.9. The minimum atomic E-state index is -1.39. The number of amides is 2. The summed E-state index contributed by atoms with van der Waals surface area (Å²) in [5.74, 6) is -1.08. The number of anilines is 1. The van der Waals surface area contributed by atoms with Crippen LogP contribution in [-0.2, 0) is 19.2 Å². The maximum atomic E-state index is 13.0. The van der Waals surface area contributed by atoms with Crippen LogP contribution in [0.15, 0.2) is 21.1 Å². The molecular weight excluding hydrogens is 547 g/mol. The predicted octanol–water partition coefficient (Wildman–Crippen LogP) is -1.40. The van der Waals surface area contributed by atoms with Gasteiger partial charge in [-0.05, 0) is 11.8 Å². The first-order chi connectivity index (χ1) is 17.3. The lowest BCUT2D eigenvalue weighted by Gasteiger charge is -2.51. The van der Waals surface area contributed by atoms with E-state index in [0.717, 1.165) is 36.7 Å². The average molecular weight is 570 g/mol. The van der Waals surface area contributed by atoms with Crippen LogP contribution in [0.5, 0.6) is 0 Å². The molecule has 12 nitrogen and oxygen atoms in total. The Morgan fingerprint density at radius 1 is 1.42 bits per heavy atom. The van der Waals surface area contributed by atoms with Crippen molar-refractivity contribution >= 4 is 80.4 Å². The molecular formula is C20H23N7O5S4. The molecule has 36 heavy (non-hydrogen) atoms. The number of carboxylic acid groups (broad SMARTS) is 1. The van der Waals surface area contributed by atoms with Gasteiger partial charge in [-0.15, -0.1) is 34.9 Å². The molecule has 4 aliphatic rings. The van der Waals surface area contributed by atoms with E-state index in [4.69, 9.17) is 10.6 Å². The summed E-state index contributed by atoms with van der Waals surface area (Å²) >= 11 is 5.88. The van der Waals surface area contributed by atoms with Crippen LogP contribution in [0.2, 0.25) is 0 Å². The zero-order valence-electron chi connectivity index (χ0n) is 19.3. The number of amidine groups is 1. The van der Waals surface area contributed by atoms with Gasteiger partial charge in [0.15, 0.2) is 10.8 Å². The van der Waals surface area contributed by atoms with Crippen molar-refractivity contribution in [2.75, 3.05) is 51.0 Å². The Bertz CT molecular complexity index is 1210. The number of fused-ring (bicyclic) bond motifs is 1. The molecule has 0 aliphatic carbocycles. The van der Waals surface area contributed by atoms with E-state index in [0.29, 0.717) is 10.7 Å². The van der Waals surface area contributed by atoms with E-state index in [9.17, 15) is 19.5 Å². The molecule has 5 rings (SSSR count). The fraction of sp³-hybridized carbons (Fsp3) is 0.500. The van der Waals surface area contributed by atoms with Gasteiger partial charge in [0.2, 0.25) is 0 Å². The van der Waals surface area contributed by atoms with Gasteiger partial charge >= 0.3 is 5.17 Å². The topological polar surface area (TPSA) is 156 Å². The summed E-state index contributed by atoms with van der Waals surface area (Å²) in [6, 6.07) is -0.910. The van der Waals surface area contributed by atoms with E-state index < -0.39 is 29.2 Å². The van der Waals surface area contributed by atoms with Gasteiger partial charge in [-0.1, -0.05) is 5.16 Å². The molecule has 0 bridgehead atoms. The van der Waals surface area contributed by atoms with Gasteiger partial charge in [-0.25, -0.2) is 4.98 Å². The number of carbonyl (C=O) groups excluding carboxylic acids is 3. The second-order valence-electron chi connectivity index (χ2n) is 8.31. The molecule has 3 saturated heterocycles. The van der Waals surface area contributed by atoms with Crippen LogP contribution in [0.25, 0.3) is 0 Å². The van der Waals surface area contributed by atoms with Crippen LogP contribution in [0, 0.1) is 0 Å². The van der Waals surface area contributed by atoms with Crippen LogP contribution in [0.1, 0.15) is 5.69 Å². The second kappa shape index (κ2) is 10.1. The molecule has 3 N–H and O–H groups in total. The summed E-state index contributed by atoms with van der Waals surface area (Å²) in [4.78, 5) is 50.8. The Balaban J connectivity index is 1.27. The fourth-order valence-electron chi connectivity index (χ4n) is 4.26. The lowest BCUT2D eigenvalue weighted by atomic mass is 10.0. The van der Waals surface area contributed by atoms with Crippen LogP contribution in [0.3, 0.4) is 0 Å². The van der Waals surface area contributed by atoms with Crippen molar-refractivity contribution in [1.29, 1.82) is 0 Å². The number of aliphatic carboxylic acids is 1. The number of rotatable bonds is 7. The van der Waals surface area contributed by atoms with Gasteiger partial charge in [-0.3, -0.25) is 24.0 Å². The van der Waals surface area contributed by atoms with Crippen molar-refractivity contribution in [3.63, 3.8) is 0 Å². The minimum Gasteiger partial charge on any atom is -0.543 e. The van der Waals surface area contributed by atoms with E-state index in [1.54, 1.807) is 5.38 Å². The van der Waals surface area contributed by atoms with E-state index in [2.05, 4.69) is 32.0 Å². The lowest BCUT2D eigenvalue weighted by molar-refractivity contribution is -0.580. The van der Waals surface area contributed by atoms with Gasteiger partial charge in [0, 0.05) is 21.8 Å². The number of thiazole rings is 1. The number of carbonyl (C=O) groups is 3. The predicted molar refractivity (Wildman–Crippen MR) is 139 cm³/mol. The number of hydrogen-bond acceptors (Lipinski definition) is 12. The van der Waals surface area contributed by atoms with Crippen LogP contribution >= 0.6 is 46.6 Å². The number of thioether (sulfide) groups is 3. The number of hydrogen-bond donors (Lipinski definition) is 2. The van der Waals surface area contributed by atoms with Crippen molar-refractivity contribution in [1.82, 2.24) is 20.1 Å². The van der Waals surface area contributed by atoms with Gasteiger partial charge in [0.05, 0.1) is 30.5 Å². The van der Waals surface area contributed by atoms with E-state index in [1.807, 2.05) is 11.8 Å². The zero-order valence-corrected chi connectivity index (χ0v) is 22.6. The van der Waals surface area contributed by atoms with Crippen molar-refractivity contribution < 1.29 is 28.9 Å². The summed E-state index contributed by atoms with van der Waals surface area (Å²) in [6.45, 7) is 2.67. The molecule has 0 spiro atoms. The van der Waals surface area contributed by atoms with Gasteiger partial charge in [0.1, 0.15) is 37.3 Å². The number of carboxylic acids is 1. The van der Waals surface area contributed by atoms with E-state index in [-0.39, 0.29) is 27.5 Å². The quantitative estimate of drug-likeness (QED) is 0.172. The van der Waals surface area contributed by atoms with Crippen molar-refractivity contribution in [3.05, 3.63) is 21.7 Å². The minimum absolute atomic E-state index is 0.101. The zero-order chi connectivity index (χ0) is 25.6. The summed E-state index contributed by atoms with van der Waals surface area (Å²) in [6.07, 6.45) is 0. The van der Waals surface area contributed by atoms with E-state index >= 15 is 0 Å². The molecule has 16 heteroatoms. The highest BCUT2D eigenvalue weighted by molar-refractivity contribution is 8.13. The third-order valence-electron chi connectivity index (χ3n) is 5.99. The molecule has 1 aromatic heterocycles. The van der Waals surface area contributed by atoms with E-state index in [1.165, 1.54) is 40.7 Å². The fourth-order valence-corrected chi connectivity index (χ4v) is 8.87. The van der Waals surface area contributed by atoms with Gasteiger partial charge in [0.25, 0.3) is 11.8 Å². The molecule has 1 aromatic rings. The van der Waals surface area contributed by atoms with Crippen molar-refractivity contribution in [2.24, 2.45) is 5.16 Å². The van der Waals surface area contributed by atoms with Crippen LogP contribution < -0.4 is 16.2 Å². The second-order valence-corrected chi connectivity index (χ2v) is 12.8. The summed E-state index contributed by atoms with van der Waals surface area (Å²) in [5, 5.41) is 21.2. The number of β-lactam (4-membered cyclic amide) rings is 1. The smallest absolute Gasteiger partial charge is 0.308 e. The molecule has 0 radical (unpaired) electrons. The normalized spacial score (nSPS) is 26.0. The number of nitrogens with zero attached hydrogens (tertiary/aromatic N) is 5. The lowest BCUT2D eigenvalue weighted by Crippen LogP contribution is -2.71. The Morgan fingerprint density at radius 3 is 2.81 bits per heavy atom. The number of nitrogen functional groups attached to an aromatic ring is 1.